The lowest BCUT2D eigenvalue weighted by atomic mass is 10.0. The Morgan fingerprint density at radius 3 is 2.26 bits per heavy atom. The first kappa shape index (κ1) is 15.0. The maximum atomic E-state index is 11.7. The van der Waals surface area contributed by atoms with Gasteiger partial charge in [0.05, 0.1) is 6.42 Å². The van der Waals surface area contributed by atoms with Crippen LogP contribution in [0.4, 0.5) is 10.5 Å². The molecule has 0 aromatic heterocycles. The maximum absolute atomic E-state index is 11.7. The van der Waals surface area contributed by atoms with Gasteiger partial charge in [0.1, 0.15) is 0 Å². The van der Waals surface area contributed by atoms with Crippen molar-refractivity contribution in [1.82, 2.24) is 9.80 Å². The summed E-state index contributed by atoms with van der Waals surface area (Å²) in [5.41, 5.74) is 2.67. The third kappa shape index (κ3) is 4.28. The molecular weight excluding hydrogens is 242 g/mol. The summed E-state index contributed by atoms with van der Waals surface area (Å²) in [6.07, 6.45) is 0.338. The van der Waals surface area contributed by atoms with Crippen LogP contribution in [-0.4, -0.2) is 49.9 Å². The molecule has 1 rings (SSSR count). The van der Waals surface area contributed by atoms with Gasteiger partial charge < -0.3 is 15.1 Å². The lowest BCUT2D eigenvalue weighted by Gasteiger charge is -2.15. The summed E-state index contributed by atoms with van der Waals surface area (Å²) in [7, 11) is 6.82. The van der Waals surface area contributed by atoms with Crippen LogP contribution in [0.1, 0.15) is 11.1 Å². The number of rotatable bonds is 3. The molecule has 1 aromatic carbocycles. The van der Waals surface area contributed by atoms with Gasteiger partial charge in [0.15, 0.2) is 0 Å². The van der Waals surface area contributed by atoms with Crippen molar-refractivity contribution in [2.24, 2.45) is 0 Å². The zero-order valence-electron chi connectivity index (χ0n) is 12.2. The maximum Gasteiger partial charge on any atom is 0.321 e. The van der Waals surface area contributed by atoms with Gasteiger partial charge in [-0.05, 0) is 30.2 Å². The molecule has 3 amide bonds. The van der Waals surface area contributed by atoms with Crippen LogP contribution in [0.25, 0.3) is 0 Å². The molecule has 0 atom stereocenters. The highest BCUT2D eigenvalue weighted by molar-refractivity contribution is 5.89. The van der Waals surface area contributed by atoms with Gasteiger partial charge in [-0.2, -0.15) is 0 Å². The molecule has 5 nitrogen and oxygen atoms in total. The molecule has 0 bridgehead atoms. The standard InChI is InChI=1S/C14H21N3O2/c1-10-6-7-12(15-14(19)17(4)5)8-11(10)9-13(18)16(2)3/h6-8H,9H2,1-5H3,(H,15,19). The largest absolute Gasteiger partial charge is 0.349 e. The Hall–Kier alpha value is -2.04. The van der Waals surface area contributed by atoms with E-state index in [1.165, 1.54) is 4.90 Å². The highest BCUT2D eigenvalue weighted by atomic mass is 16.2. The third-order valence-electron chi connectivity index (χ3n) is 2.85. The highest BCUT2D eigenvalue weighted by Crippen LogP contribution is 2.16. The summed E-state index contributed by atoms with van der Waals surface area (Å²) >= 11 is 0. The fraction of sp³-hybridized carbons (Fsp3) is 0.429. The van der Waals surface area contributed by atoms with E-state index in [9.17, 15) is 9.59 Å². The molecule has 5 heteroatoms. The Bertz CT molecular complexity index is 482. The van der Waals surface area contributed by atoms with E-state index in [0.717, 1.165) is 11.1 Å². The number of hydrogen-bond acceptors (Lipinski definition) is 2. The van der Waals surface area contributed by atoms with E-state index in [1.807, 2.05) is 25.1 Å². The van der Waals surface area contributed by atoms with Crippen LogP contribution >= 0.6 is 0 Å². The number of amides is 3. The van der Waals surface area contributed by atoms with Gasteiger partial charge in [-0.25, -0.2) is 4.79 Å². The van der Waals surface area contributed by atoms with Crippen LogP contribution in [-0.2, 0) is 11.2 Å². The quantitative estimate of drug-likeness (QED) is 0.902. The van der Waals surface area contributed by atoms with Gasteiger partial charge >= 0.3 is 6.03 Å². The molecule has 0 saturated carbocycles. The molecule has 104 valence electrons. The third-order valence-corrected chi connectivity index (χ3v) is 2.85. The molecule has 0 aliphatic rings. The van der Waals surface area contributed by atoms with Crippen molar-refractivity contribution < 1.29 is 9.59 Å². The number of anilines is 1. The number of aryl methyl sites for hydroxylation is 1. The number of carbonyl (C=O) groups excluding carboxylic acids is 2. The van der Waals surface area contributed by atoms with Crippen molar-refractivity contribution in [3.63, 3.8) is 0 Å². The van der Waals surface area contributed by atoms with E-state index in [0.29, 0.717) is 12.1 Å². The van der Waals surface area contributed by atoms with Crippen molar-refractivity contribution in [2.75, 3.05) is 33.5 Å². The molecule has 19 heavy (non-hydrogen) atoms. The normalized spacial score (nSPS) is 9.95. The first-order valence-corrected chi connectivity index (χ1v) is 6.09. The van der Waals surface area contributed by atoms with Crippen molar-refractivity contribution in [3.8, 4) is 0 Å². The molecule has 0 fully saturated rings. The Labute approximate surface area is 114 Å². The molecule has 0 aliphatic heterocycles. The van der Waals surface area contributed by atoms with E-state index in [-0.39, 0.29) is 11.9 Å². The number of nitrogens with one attached hydrogen (secondary N) is 1. The van der Waals surface area contributed by atoms with Crippen LogP contribution in [0.2, 0.25) is 0 Å². The molecule has 0 spiro atoms. The van der Waals surface area contributed by atoms with Crippen LogP contribution in [0, 0.1) is 6.92 Å². The highest BCUT2D eigenvalue weighted by Gasteiger charge is 2.10. The summed E-state index contributed by atoms with van der Waals surface area (Å²) < 4.78 is 0. The number of hydrogen-bond donors (Lipinski definition) is 1. The zero-order chi connectivity index (χ0) is 14.6. The SMILES string of the molecule is Cc1ccc(NC(=O)N(C)C)cc1CC(=O)N(C)C. The Kier molecular flexibility index (Phi) is 4.92. The Morgan fingerprint density at radius 2 is 1.74 bits per heavy atom. The second kappa shape index (κ2) is 6.22. The topological polar surface area (TPSA) is 52.7 Å². The Balaban J connectivity index is 2.88. The van der Waals surface area contributed by atoms with Crippen LogP contribution in [0.5, 0.6) is 0 Å². The van der Waals surface area contributed by atoms with Crippen LogP contribution in [0.15, 0.2) is 18.2 Å². The van der Waals surface area contributed by atoms with Gasteiger partial charge in [-0.3, -0.25) is 4.79 Å². The van der Waals surface area contributed by atoms with Gasteiger partial charge in [0.25, 0.3) is 0 Å². The van der Waals surface area contributed by atoms with Crippen LogP contribution < -0.4 is 5.32 Å². The molecular formula is C14H21N3O2. The molecule has 0 unspecified atom stereocenters. The predicted octanol–water partition coefficient (Wildman–Crippen LogP) is 1.72. The second-order valence-corrected chi connectivity index (χ2v) is 4.93. The van der Waals surface area contributed by atoms with Gasteiger partial charge in [0, 0.05) is 33.9 Å². The monoisotopic (exact) mass is 263 g/mol. The zero-order valence-corrected chi connectivity index (χ0v) is 12.2. The molecule has 1 aromatic rings. The molecule has 1 N–H and O–H groups in total. The summed E-state index contributed by atoms with van der Waals surface area (Å²) in [5, 5.41) is 2.77. The van der Waals surface area contributed by atoms with E-state index in [2.05, 4.69) is 5.32 Å². The van der Waals surface area contributed by atoms with Gasteiger partial charge in [0.2, 0.25) is 5.91 Å². The van der Waals surface area contributed by atoms with Gasteiger partial charge in [-0.15, -0.1) is 0 Å². The van der Waals surface area contributed by atoms with E-state index >= 15 is 0 Å². The minimum atomic E-state index is -0.186. The second-order valence-electron chi connectivity index (χ2n) is 4.93. The van der Waals surface area contributed by atoms with Crippen LogP contribution in [0.3, 0.4) is 0 Å². The molecule has 0 radical (unpaired) electrons. The molecule has 0 saturated heterocycles. The average Bonchev–Trinajstić information content (AvgIpc) is 2.32. The number of carbonyl (C=O) groups is 2. The smallest absolute Gasteiger partial charge is 0.321 e. The first-order valence-electron chi connectivity index (χ1n) is 6.09. The number of urea groups is 1. The van der Waals surface area contributed by atoms with Crippen molar-refractivity contribution >= 4 is 17.6 Å². The van der Waals surface area contributed by atoms with E-state index in [1.54, 1.807) is 33.1 Å². The summed E-state index contributed by atoms with van der Waals surface area (Å²) in [6.45, 7) is 1.95. The van der Waals surface area contributed by atoms with E-state index in [4.69, 9.17) is 0 Å². The average molecular weight is 263 g/mol. The minimum absolute atomic E-state index is 0.0409. The lowest BCUT2D eigenvalue weighted by Crippen LogP contribution is -2.27. The summed E-state index contributed by atoms with van der Waals surface area (Å²) in [4.78, 5) is 26.3. The molecule has 0 aliphatic carbocycles. The summed E-state index contributed by atoms with van der Waals surface area (Å²) in [5.74, 6) is 0.0409. The molecule has 0 heterocycles. The Morgan fingerprint density at radius 1 is 1.11 bits per heavy atom. The number of likely N-dealkylation sites (N-methyl/N-ethyl adjacent to an activating group) is 1. The van der Waals surface area contributed by atoms with Crippen molar-refractivity contribution in [1.29, 1.82) is 0 Å². The predicted molar refractivity (Wildman–Crippen MR) is 76.3 cm³/mol. The lowest BCUT2D eigenvalue weighted by molar-refractivity contribution is -0.127. The fourth-order valence-corrected chi connectivity index (χ4v) is 1.50. The van der Waals surface area contributed by atoms with Crippen molar-refractivity contribution in [3.05, 3.63) is 29.3 Å². The summed E-state index contributed by atoms with van der Waals surface area (Å²) in [6, 6.07) is 5.40. The fourth-order valence-electron chi connectivity index (χ4n) is 1.50. The number of nitrogens with zero attached hydrogens (tertiary/aromatic N) is 2. The van der Waals surface area contributed by atoms with Crippen molar-refractivity contribution in [2.45, 2.75) is 13.3 Å². The minimum Gasteiger partial charge on any atom is -0.349 e. The number of benzene rings is 1. The van der Waals surface area contributed by atoms with Gasteiger partial charge in [-0.1, -0.05) is 6.07 Å². The first-order chi connectivity index (χ1) is 8.81. The van der Waals surface area contributed by atoms with E-state index < -0.39 is 0 Å².